The molecule has 4 heteroatoms. The van der Waals surface area contributed by atoms with Crippen molar-refractivity contribution in [1.82, 2.24) is 9.88 Å². The van der Waals surface area contributed by atoms with Gasteiger partial charge >= 0.3 is 0 Å². The van der Waals surface area contributed by atoms with Gasteiger partial charge in [0.25, 0.3) is 0 Å². The topological polar surface area (TPSA) is 42.1 Å². The molecule has 1 heterocycles. The van der Waals surface area contributed by atoms with Crippen LogP contribution in [0.15, 0.2) is 48.8 Å². The van der Waals surface area contributed by atoms with Gasteiger partial charge in [0.1, 0.15) is 0 Å². The molecule has 0 amide bonds. The minimum absolute atomic E-state index is 0.0815. The summed E-state index contributed by atoms with van der Waals surface area (Å²) in [4.78, 5) is 6.34. The molecular formula is C17H22ClN3. The molecule has 2 N–H and O–H groups in total. The Morgan fingerprint density at radius 2 is 1.76 bits per heavy atom. The summed E-state index contributed by atoms with van der Waals surface area (Å²) in [6.07, 6.45) is 4.56. The van der Waals surface area contributed by atoms with Crippen LogP contribution in [-0.2, 0) is 6.54 Å². The summed E-state index contributed by atoms with van der Waals surface area (Å²) in [5.74, 6) is 0. The molecule has 0 saturated heterocycles. The molecule has 2 aromatic rings. The second-order valence-electron chi connectivity index (χ2n) is 5.34. The minimum Gasteiger partial charge on any atom is -0.326 e. The van der Waals surface area contributed by atoms with Crippen LogP contribution in [0, 0.1) is 0 Å². The smallest absolute Gasteiger partial charge is 0.0499 e. The quantitative estimate of drug-likeness (QED) is 0.886. The molecular weight excluding hydrogens is 282 g/mol. The predicted molar refractivity (Wildman–Crippen MR) is 88.2 cm³/mol. The van der Waals surface area contributed by atoms with Crippen molar-refractivity contribution in [2.75, 3.05) is 7.05 Å². The standard InChI is InChI=1S/C17H22ClN3/c1-3-16(19)17(14-4-6-15(18)7-5-14)21(2)12-13-8-10-20-11-9-13/h4-11,16-17H,3,12,19H2,1-2H3. The van der Waals surface area contributed by atoms with Crippen LogP contribution in [-0.4, -0.2) is 23.0 Å². The Morgan fingerprint density at radius 1 is 1.14 bits per heavy atom. The maximum atomic E-state index is 6.35. The zero-order chi connectivity index (χ0) is 15.2. The number of rotatable bonds is 6. The van der Waals surface area contributed by atoms with Gasteiger partial charge in [-0.1, -0.05) is 30.7 Å². The molecule has 0 fully saturated rings. The third-order valence-corrected chi connectivity index (χ3v) is 4.00. The van der Waals surface area contributed by atoms with E-state index in [1.165, 1.54) is 11.1 Å². The molecule has 0 radical (unpaired) electrons. The lowest BCUT2D eigenvalue weighted by Gasteiger charge is -2.33. The Bertz CT molecular complexity index is 542. The van der Waals surface area contributed by atoms with Crippen molar-refractivity contribution in [3.8, 4) is 0 Å². The molecule has 0 spiro atoms. The summed E-state index contributed by atoms with van der Waals surface area (Å²) in [5, 5.41) is 0.749. The van der Waals surface area contributed by atoms with Crippen LogP contribution in [0.1, 0.15) is 30.5 Å². The van der Waals surface area contributed by atoms with Crippen LogP contribution < -0.4 is 5.73 Å². The first kappa shape index (κ1) is 16.0. The number of pyridine rings is 1. The highest BCUT2D eigenvalue weighted by Gasteiger charge is 2.23. The van der Waals surface area contributed by atoms with E-state index in [2.05, 4.69) is 36.0 Å². The zero-order valence-corrected chi connectivity index (χ0v) is 13.3. The highest BCUT2D eigenvalue weighted by atomic mass is 35.5. The van der Waals surface area contributed by atoms with Gasteiger partial charge < -0.3 is 5.73 Å². The van der Waals surface area contributed by atoms with Crippen LogP contribution in [0.3, 0.4) is 0 Å². The van der Waals surface area contributed by atoms with Gasteiger partial charge in [-0.05, 0) is 48.9 Å². The SMILES string of the molecule is CCC(N)C(c1ccc(Cl)cc1)N(C)Cc1ccncc1. The fourth-order valence-corrected chi connectivity index (χ4v) is 2.71. The highest BCUT2D eigenvalue weighted by molar-refractivity contribution is 6.30. The summed E-state index contributed by atoms with van der Waals surface area (Å²) in [5.41, 5.74) is 8.79. The van der Waals surface area contributed by atoms with Gasteiger partial charge in [0.05, 0.1) is 0 Å². The molecule has 2 rings (SSSR count). The Balaban J connectivity index is 2.21. The van der Waals surface area contributed by atoms with Crippen molar-refractivity contribution >= 4 is 11.6 Å². The number of hydrogen-bond acceptors (Lipinski definition) is 3. The summed E-state index contributed by atoms with van der Waals surface area (Å²) >= 11 is 5.99. The van der Waals surface area contributed by atoms with E-state index in [9.17, 15) is 0 Å². The van der Waals surface area contributed by atoms with Crippen molar-refractivity contribution in [3.05, 3.63) is 64.9 Å². The maximum Gasteiger partial charge on any atom is 0.0499 e. The van der Waals surface area contributed by atoms with E-state index >= 15 is 0 Å². The number of hydrogen-bond donors (Lipinski definition) is 1. The van der Waals surface area contributed by atoms with Crippen molar-refractivity contribution in [2.45, 2.75) is 32.0 Å². The van der Waals surface area contributed by atoms with Crippen molar-refractivity contribution in [2.24, 2.45) is 5.73 Å². The molecule has 2 unspecified atom stereocenters. The largest absolute Gasteiger partial charge is 0.326 e. The first-order valence-corrected chi connectivity index (χ1v) is 7.59. The number of aromatic nitrogens is 1. The van der Waals surface area contributed by atoms with Crippen molar-refractivity contribution in [1.29, 1.82) is 0 Å². The molecule has 0 aliphatic carbocycles. The number of halogens is 1. The molecule has 0 aliphatic rings. The number of benzene rings is 1. The third-order valence-electron chi connectivity index (χ3n) is 3.74. The van der Waals surface area contributed by atoms with E-state index in [0.29, 0.717) is 0 Å². The average Bonchev–Trinajstić information content (AvgIpc) is 2.50. The van der Waals surface area contributed by atoms with Crippen LogP contribution in [0.2, 0.25) is 5.02 Å². The van der Waals surface area contributed by atoms with Gasteiger partial charge in [0.15, 0.2) is 0 Å². The molecule has 0 saturated carbocycles. The second-order valence-corrected chi connectivity index (χ2v) is 5.78. The molecule has 2 atom stereocenters. The molecule has 0 bridgehead atoms. The number of nitrogens with two attached hydrogens (primary N) is 1. The lowest BCUT2D eigenvalue weighted by molar-refractivity contribution is 0.201. The van der Waals surface area contributed by atoms with Crippen LogP contribution in [0.4, 0.5) is 0 Å². The summed E-state index contributed by atoms with van der Waals surface area (Å²) in [6.45, 7) is 2.96. The lowest BCUT2D eigenvalue weighted by Crippen LogP contribution is -2.38. The van der Waals surface area contributed by atoms with Crippen LogP contribution in [0.25, 0.3) is 0 Å². The number of likely N-dealkylation sites (N-methyl/N-ethyl adjacent to an activating group) is 1. The van der Waals surface area contributed by atoms with E-state index in [-0.39, 0.29) is 12.1 Å². The summed E-state index contributed by atoms with van der Waals surface area (Å²) in [6, 6.07) is 12.3. The number of nitrogens with zero attached hydrogens (tertiary/aromatic N) is 2. The van der Waals surface area contributed by atoms with Crippen molar-refractivity contribution in [3.63, 3.8) is 0 Å². The second kappa shape index (κ2) is 7.55. The van der Waals surface area contributed by atoms with Gasteiger partial charge in [-0.15, -0.1) is 0 Å². The molecule has 1 aromatic heterocycles. The highest BCUT2D eigenvalue weighted by Crippen LogP contribution is 2.26. The fourth-order valence-electron chi connectivity index (χ4n) is 2.59. The van der Waals surface area contributed by atoms with Gasteiger partial charge in [-0.2, -0.15) is 0 Å². The van der Waals surface area contributed by atoms with Crippen LogP contribution >= 0.6 is 11.6 Å². The first-order chi connectivity index (χ1) is 10.1. The summed E-state index contributed by atoms with van der Waals surface area (Å²) < 4.78 is 0. The summed E-state index contributed by atoms with van der Waals surface area (Å²) in [7, 11) is 2.11. The Morgan fingerprint density at radius 3 is 2.33 bits per heavy atom. The molecule has 0 aliphatic heterocycles. The van der Waals surface area contributed by atoms with E-state index in [0.717, 1.165) is 18.0 Å². The minimum atomic E-state index is 0.0815. The van der Waals surface area contributed by atoms with Crippen molar-refractivity contribution < 1.29 is 0 Å². The lowest BCUT2D eigenvalue weighted by atomic mass is 9.96. The van der Waals surface area contributed by atoms with Gasteiger partial charge in [0, 0.05) is 36.0 Å². The fraction of sp³-hybridized carbons (Fsp3) is 0.353. The molecule has 21 heavy (non-hydrogen) atoms. The Hall–Kier alpha value is -1.42. The maximum absolute atomic E-state index is 6.35. The van der Waals surface area contributed by atoms with Crippen LogP contribution in [0.5, 0.6) is 0 Å². The van der Waals surface area contributed by atoms with E-state index in [1.807, 2.05) is 36.7 Å². The monoisotopic (exact) mass is 303 g/mol. The van der Waals surface area contributed by atoms with Gasteiger partial charge in [-0.25, -0.2) is 0 Å². The third kappa shape index (κ3) is 4.27. The van der Waals surface area contributed by atoms with E-state index in [1.54, 1.807) is 0 Å². The first-order valence-electron chi connectivity index (χ1n) is 7.22. The molecule has 1 aromatic carbocycles. The average molecular weight is 304 g/mol. The molecule has 112 valence electrons. The van der Waals surface area contributed by atoms with Gasteiger partial charge in [0.2, 0.25) is 0 Å². The van der Waals surface area contributed by atoms with E-state index in [4.69, 9.17) is 17.3 Å². The zero-order valence-electron chi connectivity index (χ0n) is 12.5. The predicted octanol–water partition coefficient (Wildman–Crippen LogP) is 3.65. The van der Waals surface area contributed by atoms with E-state index < -0.39 is 0 Å². The van der Waals surface area contributed by atoms with Gasteiger partial charge in [-0.3, -0.25) is 9.88 Å². The normalized spacial score (nSPS) is 14.1. The molecule has 3 nitrogen and oxygen atoms in total. The Labute approximate surface area is 131 Å². The Kier molecular flexibility index (Phi) is 5.74.